The number of hydrogen-bond donors (Lipinski definition) is 1. The van der Waals surface area contributed by atoms with Gasteiger partial charge in [0, 0.05) is 25.4 Å². The monoisotopic (exact) mass is 309 g/mol. The predicted octanol–water partition coefficient (Wildman–Crippen LogP) is 1.66. The summed E-state index contributed by atoms with van der Waals surface area (Å²) in [7, 11) is 1.79. The number of rotatable bonds is 6. The Balaban J connectivity index is 2.21. The minimum absolute atomic E-state index is 0.0952. The largest absolute Gasteiger partial charge is 0.318 e. The van der Waals surface area contributed by atoms with Crippen LogP contribution in [0.25, 0.3) is 0 Å². The molecule has 0 amide bonds. The highest BCUT2D eigenvalue weighted by Gasteiger charge is 2.22. The fraction of sp³-hybridized carbons (Fsp3) is 0.500. The zero-order chi connectivity index (χ0) is 15.6. The lowest BCUT2D eigenvalue weighted by Crippen LogP contribution is -2.24. The van der Waals surface area contributed by atoms with Crippen molar-refractivity contribution < 1.29 is 4.79 Å². The first-order valence-corrected chi connectivity index (χ1v) is 7.36. The van der Waals surface area contributed by atoms with Crippen LogP contribution in [-0.4, -0.2) is 25.3 Å². The molecule has 21 heavy (non-hydrogen) atoms. The van der Waals surface area contributed by atoms with Crippen molar-refractivity contribution in [3.63, 3.8) is 0 Å². The first kappa shape index (κ1) is 15.7. The average molecular weight is 310 g/mol. The van der Waals surface area contributed by atoms with Crippen LogP contribution in [0.2, 0.25) is 5.02 Å². The predicted molar refractivity (Wildman–Crippen MR) is 81.1 cm³/mol. The Morgan fingerprint density at radius 2 is 2.19 bits per heavy atom. The van der Waals surface area contributed by atoms with Crippen LogP contribution in [-0.2, 0) is 31.2 Å². The number of Topliss-reactive ketones (excluding diaryl/α,β-unsaturated/α-hetero) is 1. The van der Waals surface area contributed by atoms with Crippen LogP contribution in [0.1, 0.15) is 36.8 Å². The van der Waals surface area contributed by atoms with Crippen molar-refractivity contribution in [2.24, 2.45) is 12.8 Å². The summed E-state index contributed by atoms with van der Waals surface area (Å²) in [6, 6.07) is -0.694. The maximum atomic E-state index is 12.4. The zero-order valence-electron chi connectivity index (χ0n) is 12.5. The average Bonchev–Trinajstić information content (AvgIpc) is 3.03. The van der Waals surface area contributed by atoms with Gasteiger partial charge in [-0.3, -0.25) is 14.2 Å². The number of hydrogen-bond acceptors (Lipinski definition) is 4. The Morgan fingerprint density at radius 3 is 2.71 bits per heavy atom. The fourth-order valence-electron chi connectivity index (χ4n) is 2.25. The summed E-state index contributed by atoms with van der Waals surface area (Å²) in [6.07, 6.45) is 4.27. The summed E-state index contributed by atoms with van der Waals surface area (Å²) in [5.41, 5.74) is 8.26. The molecule has 1 atom stereocenters. The summed E-state index contributed by atoms with van der Waals surface area (Å²) in [5.74, 6) is -0.0952. The van der Waals surface area contributed by atoms with E-state index in [1.807, 2.05) is 13.8 Å². The lowest BCUT2D eigenvalue weighted by molar-refractivity contribution is -0.119. The van der Waals surface area contributed by atoms with E-state index in [4.69, 9.17) is 17.3 Å². The zero-order valence-corrected chi connectivity index (χ0v) is 13.3. The molecule has 114 valence electrons. The van der Waals surface area contributed by atoms with Gasteiger partial charge in [-0.15, -0.1) is 0 Å². The van der Waals surface area contributed by atoms with Crippen LogP contribution in [0.3, 0.4) is 0 Å². The summed E-state index contributed by atoms with van der Waals surface area (Å²) < 4.78 is 3.40. The first-order chi connectivity index (χ1) is 9.97. The lowest BCUT2D eigenvalue weighted by atomic mass is 10.0. The molecular formula is C14H20ClN5O. The van der Waals surface area contributed by atoms with Gasteiger partial charge in [0.15, 0.2) is 5.78 Å². The Labute approximate surface area is 128 Å². The highest BCUT2D eigenvalue weighted by molar-refractivity contribution is 6.32. The lowest BCUT2D eigenvalue weighted by Gasteiger charge is -2.10. The molecule has 6 nitrogen and oxygen atoms in total. The van der Waals surface area contributed by atoms with Gasteiger partial charge < -0.3 is 5.73 Å². The quantitative estimate of drug-likeness (QED) is 0.880. The smallest absolute Gasteiger partial charge is 0.160 e. The van der Waals surface area contributed by atoms with Gasteiger partial charge in [-0.1, -0.05) is 18.5 Å². The molecule has 0 radical (unpaired) electrons. The van der Waals surface area contributed by atoms with E-state index in [9.17, 15) is 4.79 Å². The Morgan fingerprint density at radius 1 is 1.48 bits per heavy atom. The third kappa shape index (κ3) is 3.16. The molecule has 0 saturated heterocycles. The van der Waals surface area contributed by atoms with Gasteiger partial charge in [-0.05, 0) is 13.3 Å². The maximum Gasteiger partial charge on any atom is 0.160 e. The van der Waals surface area contributed by atoms with Crippen LogP contribution in [0.15, 0.2) is 12.4 Å². The van der Waals surface area contributed by atoms with Crippen LogP contribution >= 0.6 is 11.6 Å². The van der Waals surface area contributed by atoms with E-state index in [0.717, 1.165) is 17.8 Å². The van der Waals surface area contributed by atoms with Crippen molar-refractivity contribution in [2.45, 2.75) is 39.3 Å². The summed E-state index contributed by atoms with van der Waals surface area (Å²) in [4.78, 5) is 12.4. The van der Waals surface area contributed by atoms with E-state index >= 15 is 0 Å². The van der Waals surface area contributed by atoms with Gasteiger partial charge in [-0.25, -0.2) is 0 Å². The van der Waals surface area contributed by atoms with Gasteiger partial charge in [0.25, 0.3) is 0 Å². The van der Waals surface area contributed by atoms with Crippen LogP contribution < -0.4 is 5.73 Å². The van der Waals surface area contributed by atoms with E-state index < -0.39 is 6.04 Å². The fourth-order valence-corrected chi connectivity index (χ4v) is 2.58. The highest BCUT2D eigenvalue weighted by atomic mass is 35.5. The van der Waals surface area contributed by atoms with E-state index in [2.05, 4.69) is 10.2 Å². The molecule has 0 aliphatic carbocycles. The molecule has 0 saturated carbocycles. The number of aromatic nitrogens is 4. The number of nitrogens with two attached hydrogens (primary N) is 1. The van der Waals surface area contributed by atoms with Crippen molar-refractivity contribution in [1.82, 2.24) is 19.6 Å². The minimum atomic E-state index is -0.694. The molecule has 2 heterocycles. The van der Waals surface area contributed by atoms with Crippen molar-refractivity contribution in [1.29, 1.82) is 0 Å². The second-order valence-corrected chi connectivity index (χ2v) is 5.32. The Kier molecular flexibility index (Phi) is 4.80. The number of ketones is 1. The second-order valence-electron chi connectivity index (χ2n) is 4.94. The SMILES string of the molecule is CCc1nn(CC)c(CC(=O)C(N)c2cnn(C)c2)c1Cl. The molecule has 0 aliphatic heterocycles. The Bertz CT molecular complexity index is 646. The van der Waals surface area contributed by atoms with Crippen LogP contribution in [0.4, 0.5) is 0 Å². The molecule has 1 unspecified atom stereocenters. The molecule has 0 bridgehead atoms. The molecular weight excluding hydrogens is 290 g/mol. The van der Waals surface area contributed by atoms with E-state index in [0.29, 0.717) is 17.1 Å². The van der Waals surface area contributed by atoms with Gasteiger partial charge in [0.2, 0.25) is 0 Å². The molecule has 0 fully saturated rings. The maximum absolute atomic E-state index is 12.4. The summed E-state index contributed by atoms with van der Waals surface area (Å²) in [5, 5.41) is 9.02. The van der Waals surface area contributed by atoms with E-state index in [1.54, 1.807) is 28.8 Å². The number of carbonyl (C=O) groups excluding carboxylic acids is 1. The number of halogens is 1. The summed E-state index contributed by atoms with van der Waals surface area (Å²) in [6.45, 7) is 4.63. The molecule has 2 rings (SSSR count). The number of aryl methyl sites for hydroxylation is 3. The Hall–Kier alpha value is -1.66. The first-order valence-electron chi connectivity index (χ1n) is 6.98. The van der Waals surface area contributed by atoms with E-state index in [1.165, 1.54) is 0 Å². The molecule has 2 aromatic rings. The number of carbonyl (C=O) groups is 1. The van der Waals surface area contributed by atoms with Crippen LogP contribution in [0.5, 0.6) is 0 Å². The standard InChI is InChI=1S/C14H20ClN5O/c1-4-10-13(15)11(20(5-2)18-10)6-12(21)14(16)9-7-17-19(3)8-9/h7-8,14H,4-6,16H2,1-3H3. The van der Waals surface area contributed by atoms with E-state index in [-0.39, 0.29) is 12.2 Å². The summed E-state index contributed by atoms with van der Waals surface area (Å²) >= 11 is 6.31. The normalized spacial score (nSPS) is 12.6. The molecule has 0 aromatic carbocycles. The van der Waals surface area contributed by atoms with Gasteiger partial charge in [-0.2, -0.15) is 10.2 Å². The molecule has 0 aliphatic rings. The molecule has 2 aromatic heterocycles. The molecule has 7 heteroatoms. The third-order valence-corrected chi connectivity index (χ3v) is 3.90. The molecule has 2 N–H and O–H groups in total. The van der Waals surface area contributed by atoms with Crippen molar-refractivity contribution in [2.75, 3.05) is 0 Å². The van der Waals surface area contributed by atoms with Crippen molar-refractivity contribution in [3.8, 4) is 0 Å². The molecule has 0 spiro atoms. The third-order valence-electron chi connectivity index (χ3n) is 3.47. The topological polar surface area (TPSA) is 78.7 Å². The van der Waals surface area contributed by atoms with Crippen molar-refractivity contribution in [3.05, 3.63) is 34.4 Å². The van der Waals surface area contributed by atoms with Gasteiger partial charge in [0.05, 0.1) is 35.1 Å². The number of nitrogens with zero attached hydrogens (tertiary/aromatic N) is 4. The van der Waals surface area contributed by atoms with Crippen LogP contribution in [0, 0.1) is 0 Å². The van der Waals surface area contributed by atoms with Crippen molar-refractivity contribution >= 4 is 17.4 Å². The second kappa shape index (κ2) is 6.41. The van der Waals surface area contributed by atoms with Gasteiger partial charge >= 0.3 is 0 Å². The minimum Gasteiger partial charge on any atom is -0.318 e. The highest BCUT2D eigenvalue weighted by Crippen LogP contribution is 2.24. The van der Waals surface area contributed by atoms with Gasteiger partial charge in [0.1, 0.15) is 0 Å².